The van der Waals surface area contributed by atoms with Crippen LogP contribution in [-0.2, 0) is 32.0 Å². The molecule has 0 N–H and O–H groups in total. The van der Waals surface area contributed by atoms with E-state index in [4.69, 9.17) is 0 Å². The monoisotopic (exact) mass is 427 g/mol. The van der Waals surface area contributed by atoms with Gasteiger partial charge in [-0.3, -0.25) is 9.59 Å². The Bertz CT molecular complexity index is 751. The summed E-state index contributed by atoms with van der Waals surface area (Å²) in [4.78, 5) is 22.7. The molecule has 1 heterocycles. The van der Waals surface area contributed by atoms with Crippen molar-refractivity contribution in [1.82, 2.24) is 4.57 Å². The molecule has 0 atom stereocenters. The van der Waals surface area contributed by atoms with E-state index >= 15 is 0 Å². The van der Waals surface area contributed by atoms with Crippen molar-refractivity contribution in [3.8, 4) is 0 Å². The van der Waals surface area contributed by atoms with Gasteiger partial charge < -0.3 is 14.0 Å². The zero-order valence-corrected chi connectivity index (χ0v) is 16.8. The van der Waals surface area contributed by atoms with Crippen molar-refractivity contribution in [3.05, 3.63) is 33.7 Å². The van der Waals surface area contributed by atoms with Crippen molar-refractivity contribution in [2.75, 3.05) is 14.2 Å². The number of ether oxygens (including phenoxy) is 2. The van der Waals surface area contributed by atoms with Gasteiger partial charge in [0.25, 0.3) is 0 Å². The summed E-state index contributed by atoms with van der Waals surface area (Å²) in [5.74, 6) is -0.820. The number of aryl methyl sites for hydroxylation is 2. The fraction of sp³-hybridized carbons (Fsp3) is 0.474. The summed E-state index contributed by atoms with van der Waals surface area (Å²) in [5.41, 5.74) is 2.61. The molecule has 0 radical (unpaired) electrons. The minimum Gasteiger partial charge on any atom is -0.469 e. The van der Waals surface area contributed by atoms with Gasteiger partial charge in [-0.1, -0.05) is 0 Å². The Balaban J connectivity index is 2.35. The molecule has 1 aromatic heterocycles. The first kappa shape index (κ1) is 20.4. The first-order chi connectivity index (χ1) is 12.4. The van der Waals surface area contributed by atoms with Crippen LogP contribution in [0.15, 0.2) is 16.6 Å². The van der Waals surface area contributed by atoms with Crippen LogP contribution in [0.1, 0.15) is 36.9 Å². The van der Waals surface area contributed by atoms with Gasteiger partial charge in [-0.2, -0.15) is 0 Å². The number of hydrogen-bond acceptors (Lipinski definition) is 4. The zero-order valence-electron chi connectivity index (χ0n) is 15.2. The molecular formula is C19H23BrFNO4. The largest absolute Gasteiger partial charge is 0.469 e. The van der Waals surface area contributed by atoms with E-state index in [-0.39, 0.29) is 17.8 Å². The summed E-state index contributed by atoms with van der Waals surface area (Å²) in [5, 5.41) is 0.569. The van der Waals surface area contributed by atoms with Gasteiger partial charge in [-0.25, -0.2) is 4.39 Å². The van der Waals surface area contributed by atoms with Crippen molar-refractivity contribution in [2.24, 2.45) is 0 Å². The second-order valence-electron chi connectivity index (χ2n) is 6.08. The minimum atomic E-state index is -0.286. The predicted octanol–water partition coefficient (Wildman–Crippen LogP) is 4.30. The summed E-state index contributed by atoms with van der Waals surface area (Å²) in [6.45, 7) is 2.52. The molecule has 0 unspecified atom stereocenters. The number of hydrogen-bond donors (Lipinski definition) is 0. The van der Waals surface area contributed by atoms with Crippen LogP contribution < -0.4 is 0 Å². The van der Waals surface area contributed by atoms with Crippen molar-refractivity contribution in [2.45, 2.75) is 45.6 Å². The minimum absolute atomic E-state index is 0.261. The quantitative estimate of drug-likeness (QED) is 0.589. The van der Waals surface area contributed by atoms with Gasteiger partial charge in [0, 0.05) is 34.9 Å². The van der Waals surface area contributed by atoms with Gasteiger partial charge in [0.15, 0.2) is 0 Å². The van der Waals surface area contributed by atoms with Gasteiger partial charge in [0.2, 0.25) is 0 Å². The smallest absolute Gasteiger partial charge is 0.305 e. The third kappa shape index (κ3) is 4.44. The van der Waals surface area contributed by atoms with Crippen LogP contribution in [0.25, 0.3) is 10.9 Å². The fourth-order valence-corrected chi connectivity index (χ4v) is 3.73. The number of rotatable bonds is 8. The van der Waals surface area contributed by atoms with E-state index < -0.39 is 0 Å². The maximum Gasteiger partial charge on any atom is 0.305 e. The molecule has 0 saturated heterocycles. The third-order valence-corrected chi connectivity index (χ3v) is 5.16. The molecule has 0 aliphatic rings. The highest BCUT2D eigenvalue weighted by Gasteiger charge is 2.20. The number of methoxy groups -OCH3 is 2. The van der Waals surface area contributed by atoms with Crippen LogP contribution >= 0.6 is 15.9 Å². The number of halogens is 2. The van der Waals surface area contributed by atoms with E-state index in [9.17, 15) is 14.0 Å². The van der Waals surface area contributed by atoms with E-state index in [1.165, 1.54) is 20.3 Å². The van der Waals surface area contributed by atoms with E-state index in [1.807, 2.05) is 11.5 Å². The van der Waals surface area contributed by atoms with Crippen LogP contribution in [0.2, 0.25) is 0 Å². The first-order valence-electron chi connectivity index (χ1n) is 8.50. The maximum absolute atomic E-state index is 14.6. The van der Waals surface area contributed by atoms with Crippen molar-refractivity contribution in [3.63, 3.8) is 0 Å². The van der Waals surface area contributed by atoms with E-state index in [0.717, 1.165) is 21.2 Å². The van der Waals surface area contributed by atoms with E-state index in [1.54, 1.807) is 6.07 Å². The molecule has 0 aliphatic carbocycles. The highest BCUT2D eigenvalue weighted by Crippen LogP contribution is 2.34. The molecule has 2 aromatic rings. The Morgan fingerprint density at radius 3 is 2.35 bits per heavy atom. The molecule has 142 valence electrons. The van der Waals surface area contributed by atoms with Gasteiger partial charge in [-0.15, -0.1) is 0 Å². The molecule has 7 heteroatoms. The molecule has 0 saturated carbocycles. The number of nitrogens with zero attached hydrogens (tertiary/aromatic N) is 1. The van der Waals surface area contributed by atoms with E-state index in [2.05, 4.69) is 25.4 Å². The zero-order chi connectivity index (χ0) is 19.3. The van der Waals surface area contributed by atoms with Crippen molar-refractivity contribution < 1.29 is 23.5 Å². The average Bonchev–Trinajstić information content (AvgIpc) is 2.91. The number of carbonyl (C=O) groups excluding carboxylic acids is 2. The standard InChI is InChI=1S/C19H23BrFNO4/c1-12-13(6-4-7-16(23)25-2)18-15(21)10-9-14(20)19(18)22(12)11-5-8-17(24)26-3/h9-10H,4-8,11H2,1-3H3. The van der Waals surface area contributed by atoms with E-state index in [0.29, 0.717) is 44.0 Å². The molecule has 26 heavy (non-hydrogen) atoms. The summed E-state index contributed by atoms with van der Waals surface area (Å²) in [6.07, 6.45) is 2.36. The average molecular weight is 428 g/mol. The lowest BCUT2D eigenvalue weighted by atomic mass is 10.0. The Morgan fingerprint density at radius 1 is 1.12 bits per heavy atom. The molecule has 0 spiro atoms. The predicted molar refractivity (Wildman–Crippen MR) is 101 cm³/mol. The number of fused-ring (bicyclic) bond motifs is 1. The second kappa shape index (κ2) is 9.16. The Hall–Kier alpha value is -1.89. The highest BCUT2D eigenvalue weighted by atomic mass is 79.9. The topological polar surface area (TPSA) is 57.5 Å². The molecule has 5 nitrogen and oxygen atoms in total. The van der Waals surface area contributed by atoms with Crippen molar-refractivity contribution >= 4 is 38.8 Å². The third-order valence-electron chi connectivity index (χ3n) is 4.52. The highest BCUT2D eigenvalue weighted by molar-refractivity contribution is 9.10. The number of esters is 2. The number of benzene rings is 1. The fourth-order valence-electron chi connectivity index (χ4n) is 3.18. The molecule has 0 fully saturated rings. The summed E-state index contributed by atoms with van der Waals surface area (Å²) in [6, 6.07) is 3.13. The molecule has 0 amide bonds. The first-order valence-corrected chi connectivity index (χ1v) is 9.29. The van der Waals surface area contributed by atoms with Crippen molar-refractivity contribution in [1.29, 1.82) is 0 Å². The van der Waals surface area contributed by atoms with Gasteiger partial charge in [-0.05, 0) is 59.8 Å². The molecule has 2 rings (SSSR count). The molecule has 0 bridgehead atoms. The lowest BCUT2D eigenvalue weighted by Gasteiger charge is -2.09. The number of aromatic nitrogens is 1. The maximum atomic E-state index is 14.6. The Labute approximate surface area is 160 Å². The van der Waals surface area contributed by atoms with Gasteiger partial charge in [0.05, 0.1) is 19.7 Å². The van der Waals surface area contributed by atoms with Crippen LogP contribution in [0.4, 0.5) is 4.39 Å². The Morgan fingerprint density at radius 2 is 1.73 bits per heavy atom. The SMILES string of the molecule is COC(=O)CCCc1c(C)n(CCCC(=O)OC)c2c(Br)ccc(F)c12. The van der Waals surface area contributed by atoms with Gasteiger partial charge >= 0.3 is 11.9 Å². The van der Waals surface area contributed by atoms with Crippen LogP contribution in [0, 0.1) is 12.7 Å². The Kier molecular flexibility index (Phi) is 7.20. The normalized spacial score (nSPS) is 11.0. The van der Waals surface area contributed by atoms with Crippen LogP contribution in [0.5, 0.6) is 0 Å². The second-order valence-corrected chi connectivity index (χ2v) is 6.93. The molecule has 1 aromatic carbocycles. The number of carbonyl (C=O) groups is 2. The summed E-state index contributed by atoms with van der Waals surface area (Å²) < 4.78 is 26.8. The van der Waals surface area contributed by atoms with Crippen LogP contribution in [-0.4, -0.2) is 30.7 Å². The lowest BCUT2D eigenvalue weighted by molar-refractivity contribution is -0.141. The van der Waals surface area contributed by atoms with Crippen LogP contribution in [0.3, 0.4) is 0 Å². The lowest BCUT2D eigenvalue weighted by Crippen LogP contribution is -2.06. The summed E-state index contributed by atoms with van der Waals surface area (Å²) in [7, 11) is 2.72. The molecular weight excluding hydrogens is 405 g/mol. The molecule has 0 aliphatic heterocycles. The van der Waals surface area contributed by atoms with Gasteiger partial charge in [0.1, 0.15) is 5.82 Å². The summed E-state index contributed by atoms with van der Waals surface area (Å²) >= 11 is 3.51.